The van der Waals surface area contributed by atoms with Crippen molar-refractivity contribution < 1.29 is 9.84 Å². The van der Waals surface area contributed by atoms with Gasteiger partial charge in [-0.25, -0.2) is 0 Å². The van der Waals surface area contributed by atoms with E-state index in [2.05, 4.69) is 5.32 Å². The number of phenols is 1. The number of halogens is 1. The number of morpholine rings is 1. The Hall–Kier alpha value is -0.770. The van der Waals surface area contributed by atoms with Gasteiger partial charge in [0, 0.05) is 23.7 Å². The average molecular weight is 256 g/mol. The van der Waals surface area contributed by atoms with Crippen LogP contribution in [0.5, 0.6) is 5.75 Å². The van der Waals surface area contributed by atoms with Gasteiger partial charge >= 0.3 is 0 Å². The van der Waals surface area contributed by atoms with Crippen LogP contribution in [0.4, 0.5) is 0 Å². The van der Waals surface area contributed by atoms with Crippen molar-refractivity contribution in [2.24, 2.45) is 0 Å². The van der Waals surface area contributed by atoms with E-state index in [1.54, 1.807) is 0 Å². The quantitative estimate of drug-likeness (QED) is 0.811. The van der Waals surface area contributed by atoms with E-state index in [-0.39, 0.29) is 6.10 Å². The summed E-state index contributed by atoms with van der Waals surface area (Å²) in [6.07, 6.45) is -0.111. The van der Waals surface area contributed by atoms with Crippen LogP contribution in [0.2, 0.25) is 5.02 Å². The fourth-order valence-electron chi connectivity index (χ4n) is 2.27. The van der Waals surface area contributed by atoms with Gasteiger partial charge in [-0.2, -0.15) is 0 Å². The molecule has 1 aliphatic heterocycles. The van der Waals surface area contributed by atoms with Crippen LogP contribution >= 0.6 is 11.6 Å². The summed E-state index contributed by atoms with van der Waals surface area (Å²) in [5.41, 5.74) is 3.52. The van der Waals surface area contributed by atoms with Crippen molar-refractivity contribution in [2.45, 2.75) is 26.9 Å². The summed E-state index contributed by atoms with van der Waals surface area (Å²) in [4.78, 5) is 0. The molecule has 2 N–H and O–H groups in total. The number of phenolic OH excluding ortho intramolecular Hbond substituents is 1. The Bertz CT molecular complexity index is 411. The van der Waals surface area contributed by atoms with Crippen LogP contribution in [0.3, 0.4) is 0 Å². The fraction of sp³-hybridized carbons (Fsp3) is 0.538. The van der Waals surface area contributed by atoms with Crippen molar-refractivity contribution in [3.05, 3.63) is 27.3 Å². The van der Waals surface area contributed by atoms with Crippen molar-refractivity contribution in [3.8, 4) is 5.75 Å². The molecule has 1 saturated heterocycles. The van der Waals surface area contributed by atoms with Crippen molar-refractivity contribution in [1.82, 2.24) is 5.32 Å². The predicted molar refractivity (Wildman–Crippen MR) is 68.9 cm³/mol. The maximum atomic E-state index is 10.3. The van der Waals surface area contributed by atoms with Crippen LogP contribution < -0.4 is 5.32 Å². The summed E-state index contributed by atoms with van der Waals surface area (Å²) in [6.45, 7) is 7.97. The first-order valence-electron chi connectivity index (χ1n) is 5.84. The first kappa shape index (κ1) is 12.7. The normalized spacial score (nSPS) is 20.6. The van der Waals surface area contributed by atoms with E-state index in [4.69, 9.17) is 16.3 Å². The lowest BCUT2D eigenvalue weighted by atomic mass is 9.95. The number of rotatable bonds is 1. The zero-order valence-electron chi connectivity index (χ0n) is 10.4. The van der Waals surface area contributed by atoms with Crippen LogP contribution in [-0.2, 0) is 4.74 Å². The van der Waals surface area contributed by atoms with Gasteiger partial charge in [0.25, 0.3) is 0 Å². The molecule has 17 heavy (non-hydrogen) atoms. The maximum Gasteiger partial charge on any atom is 0.124 e. The molecule has 0 saturated carbocycles. The SMILES string of the molecule is Cc1c(C)c(Cl)c(C)c(C2CNCCO2)c1O. The number of aromatic hydroxyl groups is 1. The molecule has 0 radical (unpaired) electrons. The Kier molecular flexibility index (Phi) is 3.61. The van der Waals surface area contributed by atoms with E-state index in [0.717, 1.165) is 33.8 Å². The van der Waals surface area contributed by atoms with Crippen molar-refractivity contribution in [1.29, 1.82) is 0 Å². The fourth-order valence-corrected chi connectivity index (χ4v) is 2.51. The molecule has 0 bridgehead atoms. The Morgan fingerprint density at radius 1 is 1.24 bits per heavy atom. The van der Waals surface area contributed by atoms with Crippen LogP contribution in [-0.4, -0.2) is 24.8 Å². The lowest BCUT2D eigenvalue weighted by molar-refractivity contribution is 0.0258. The van der Waals surface area contributed by atoms with Crippen molar-refractivity contribution in [2.75, 3.05) is 19.7 Å². The summed E-state index contributed by atoms with van der Waals surface area (Å²) in [7, 11) is 0. The standard InChI is InChI=1S/C13H18ClNO2/c1-7-8(2)13(16)11(9(3)12(7)14)10-6-15-4-5-17-10/h10,15-16H,4-6H2,1-3H3. The molecule has 0 aliphatic carbocycles. The second-order valence-electron chi connectivity index (χ2n) is 4.51. The molecule has 2 rings (SSSR count). The molecule has 1 aromatic rings. The minimum Gasteiger partial charge on any atom is -0.507 e. The summed E-state index contributed by atoms with van der Waals surface area (Å²) in [5.74, 6) is 0.318. The van der Waals surface area contributed by atoms with Gasteiger partial charge < -0.3 is 15.2 Å². The third-order valence-corrected chi connectivity index (χ3v) is 4.05. The predicted octanol–water partition coefficient (Wildman–Crippen LogP) is 2.63. The average Bonchev–Trinajstić information content (AvgIpc) is 2.36. The third kappa shape index (κ3) is 2.15. The second-order valence-corrected chi connectivity index (χ2v) is 4.89. The van der Waals surface area contributed by atoms with E-state index >= 15 is 0 Å². The highest BCUT2D eigenvalue weighted by Crippen LogP contribution is 2.39. The van der Waals surface area contributed by atoms with Crippen molar-refractivity contribution >= 4 is 11.6 Å². The molecule has 1 fully saturated rings. The topological polar surface area (TPSA) is 41.5 Å². The highest BCUT2D eigenvalue weighted by atomic mass is 35.5. The minimum absolute atomic E-state index is 0.111. The summed E-state index contributed by atoms with van der Waals surface area (Å²) < 4.78 is 5.69. The van der Waals surface area contributed by atoms with Gasteiger partial charge in [0.15, 0.2) is 0 Å². The molecule has 94 valence electrons. The highest BCUT2D eigenvalue weighted by Gasteiger charge is 2.25. The lowest BCUT2D eigenvalue weighted by Gasteiger charge is -2.27. The number of hydrogen-bond acceptors (Lipinski definition) is 3. The number of nitrogens with one attached hydrogen (secondary N) is 1. The molecule has 1 atom stereocenters. The van der Waals surface area contributed by atoms with E-state index in [1.807, 2.05) is 20.8 Å². The zero-order chi connectivity index (χ0) is 12.6. The molecule has 4 heteroatoms. The maximum absolute atomic E-state index is 10.3. The zero-order valence-corrected chi connectivity index (χ0v) is 11.2. The van der Waals surface area contributed by atoms with E-state index in [9.17, 15) is 5.11 Å². The Morgan fingerprint density at radius 3 is 2.53 bits per heavy atom. The molecule has 1 heterocycles. The van der Waals surface area contributed by atoms with Gasteiger partial charge in [-0.15, -0.1) is 0 Å². The van der Waals surface area contributed by atoms with Gasteiger partial charge in [-0.3, -0.25) is 0 Å². The largest absolute Gasteiger partial charge is 0.507 e. The molecule has 0 spiro atoms. The third-order valence-electron chi connectivity index (χ3n) is 3.48. The Morgan fingerprint density at radius 2 is 1.94 bits per heavy atom. The first-order chi connectivity index (χ1) is 8.04. The van der Waals surface area contributed by atoms with Gasteiger partial charge in [0.1, 0.15) is 5.75 Å². The smallest absolute Gasteiger partial charge is 0.124 e. The molecule has 1 unspecified atom stereocenters. The first-order valence-corrected chi connectivity index (χ1v) is 6.22. The molecular weight excluding hydrogens is 238 g/mol. The second kappa shape index (κ2) is 4.84. The van der Waals surface area contributed by atoms with Gasteiger partial charge in [0.2, 0.25) is 0 Å². The van der Waals surface area contributed by atoms with Crippen LogP contribution in [0, 0.1) is 20.8 Å². The van der Waals surface area contributed by atoms with Crippen LogP contribution in [0.1, 0.15) is 28.4 Å². The monoisotopic (exact) mass is 255 g/mol. The minimum atomic E-state index is -0.111. The summed E-state index contributed by atoms with van der Waals surface area (Å²) >= 11 is 6.29. The molecule has 0 aromatic heterocycles. The lowest BCUT2D eigenvalue weighted by Crippen LogP contribution is -2.33. The van der Waals surface area contributed by atoms with Gasteiger partial charge in [-0.1, -0.05) is 11.6 Å². The van der Waals surface area contributed by atoms with Gasteiger partial charge in [0.05, 0.1) is 12.7 Å². The number of ether oxygens (including phenoxy) is 1. The van der Waals surface area contributed by atoms with Crippen molar-refractivity contribution in [3.63, 3.8) is 0 Å². The summed E-state index contributed by atoms with van der Waals surface area (Å²) in [5, 5.41) is 14.3. The van der Waals surface area contributed by atoms with Gasteiger partial charge in [-0.05, 0) is 37.5 Å². The Balaban J connectivity index is 2.52. The number of hydrogen-bond donors (Lipinski definition) is 2. The molecular formula is C13H18ClNO2. The van der Waals surface area contributed by atoms with E-state index in [0.29, 0.717) is 18.9 Å². The number of benzene rings is 1. The Labute approximate surface area is 107 Å². The molecule has 3 nitrogen and oxygen atoms in total. The molecule has 1 aromatic carbocycles. The van der Waals surface area contributed by atoms with Crippen LogP contribution in [0.25, 0.3) is 0 Å². The molecule has 0 amide bonds. The van der Waals surface area contributed by atoms with E-state index < -0.39 is 0 Å². The van der Waals surface area contributed by atoms with E-state index in [1.165, 1.54) is 0 Å². The summed E-state index contributed by atoms with van der Waals surface area (Å²) in [6, 6.07) is 0. The van der Waals surface area contributed by atoms with Crippen LogP contribution in [0.15, 0.2) is 0 Å². The highest BCUT2D eigenvalue weighted by molar-refractivity contribution is 6.32. The molecule has 1 aliphatic rings.